The number of esters is 1. The maximum Gasteiger partial charge on any atom is 0.424 e. The number of pyridine rings is 1. The summed E-state index contributed by atoms with van der Waals surface area (Å²) < 4.78 is 4.53. The maximum atomic E-state index is 10.8. The highest BCUT2D eigenvalue weighted by molar-refractivity contribution is 6.29. The van der Waals surface area contributed by atoms with Gasteiger partial charge in [-0.15, -0.1) is 0 Å². The summed E-state index contributed by atoms with van der Waals surface area (Å²) in [6.45, 7) is 0. The first kappa shape index (κ1) is 10.1. The zero-order valence-corrected chi connectivity index (χ0v) is 8.08. The molecule has 2 rings (SSSR count). The van der Waals surface area contributed by atoms with Gasteiger partial charge >= 0.3 is 11.9 Å². The summed E-state index contributed by atoms with van der Waals surface area (Å²) in [5, 5.41) is 9.24. The van der Waals surface area contributed by atoms with Crippen LogP contribution in [0, 0.1) is 0 Å². The van der Waals surface area contributed by atoms with E-state index in [0.717, 1.165) is 5.39 Å². The van der Waals surface area contributed by atoms with E-state index in [1.165, 1.54) is 6.07 Å². The molecule has 1 aromatic heterocycles. The van der Waals surface area contributed by atoms with E-state index in [9.17, 15) is 9.59 Å². The van der Waals surface area contributed by atoms with Crippen LogP contribution in [0.3, 0.4) is 0 Å². The fraction of sp³-hybridized carbons (Fsp3) is 0. The van der Waals surface area contributed by atoms with Crippen molar-refractivity contribution in [1.82, 2.24) is 4.98 Å². The molecule has 0 aliphatic rings. The van der Waals surface area contributed by atoms with Gasteiger partial charge in [0.05, 0.1) is 5.52 Å². The van der Waals surface area contributed by atoms with Crippen molar-refractivity contribution in [2.75, 3.05) is 0 Å². The molecule has 16 heavy (non-hydrogen) atoms. The number of carbonyl (C=O) groups is 2. The predicted molar refractivity (Wildman–Crippen MR) is 55.0 cm³/mol. The molecule has 0 unspecified atom stereocenters. The number of hydrogen-bond donors (Lipinski definition) is 1. The third kappa shape index (κ3) is 1.98. The van der Waals surface area contributed by atoms with Crippen molar-refractivity contribution in [2.45, 2.75) is 0 Å². The topological polar surface area (TPSA) is 76.5 Å². The molecule has 0 amide bonds. The highest BCUT2D eigenvalue weighted by Gasteiger charge is 2.14. The van der Waals surface area contributed by atoms with Gasteiger partial charge in [0.1, 0.15) is 0 Å². The van der Waals surface area contributed by atoms with E-state index in [1.807, 2.05) is 12.1 Å². The standard InChI is InChI=1S/C11H7NO4/c13-10(14)11(15)16-9-6-5-7-3-1-2-4-8(7)12-9/h1-6H,(H,13,14). The first-order valence-electron chi connectivity index (χ1n) is 4.48. The number of carboxylic acid groups (broad SMARTS) is 1. The number of hydrogen-bond acceptors (Lipinski definition) is 4. The second-order valence-corrected chi connectivity index (χ2v) is 3.04. The lowest BCUT2D eigenvalue weighted by atomic mass is 10.2. The Morgan fingerprint density at radius 2 is 1.88 bits per heavy atom. The number of carboxylic acids is 1. The molecule has 5 nitrogen and oxygen atoms in total. The number of benzene rings is 1. The molecule has 1 aromatic carbocycles. The van der Waals surface area contributed by atoms with Crippen LogP contribution in [0.4, 0.5) is 0 Å². The summed E-state index contributed by atoms with van der Waals surface area (Å²) in [6.07, 6.45) is 0. The van der Waals surface area contributed by atoms with Crippen LogP contribution in [0.1, 0.15) is 0 Å². The molecule has 0 spiro atoms. The zero-order chi connectivity index (χ0) is 11.5. The highest BCUT2D eigenvalue weighted by Crippen LogP contribution is 2.15. The van der Waals surface area contributed by atoms with Gasteiger partial charge in [0.2, 0.25) is 5.88 Å². The van der Waals surface area contributed by atoms with Crippen LogP contribution in [0.2, 0.25) is 0 Å². The Morgan fingerprint density at radius 1 is 1.12 bits per heavy atom. The molecule has 0 fully saturated rings. The second kappa shape index (κ2) is 3.98. The molecule has 1 heterocycles. The van der Waals surface area contributed by atoms with E-state index in [1.54, 1.807) is 18.2 Å². The lowest BCUT2D eigenvalue weighted by Gasteiger charge is -2.01. The SMILES string of the molecule is O=C(O)C(=O)Oc1ccc2ccccc2n1. The number of aromatic nitrogens is 1. The number of rotatable bonds is 1. The van der Waals surface area contributed by atoms with E-state index >= 15 is 0 Å². The van der Waals surface area contributed by atoms with E-state index < -0.39 is 11.9 Å². The van der Waals surface area contributed by atoms with Crippen molar-refractivity contribution in [3.63, 3.8) is 0 Å². The minimum atomic E-state index is -1.64. The van der Waals surface area contributed by atoms with Crippen molar-refractivity contribution in [2.24, 2.45) is 0 Å². The molecule has 0 bridgehead atoms. The fourth-order valence-corrected chi connectivity index (χ4v) is 1.24. The Bertz CT molecular complexity index is 565. The maximum absolute atomic E-state index is 10.8. The number of aliphatic carboxylic acids is 1. The number of para-hydroxylation sites is 1. The number of nitrogens with zero attached hydrogens (tertiary/aromatic N) is 1. The fourth-order valence-electron chi connectivity index (χ4n) is 1.24. The first-order valence-corrected chi connectivity index (χ1v) is 4.48. The molecule has 0 saturated heterocycles. The lowest BCUT2D eigenvalue weighted by molar-refractivity contribution is -0.158. The zero-order valence-electron chi connectivity index (χ0n) is 8.08. The molecule has 5 heteroatoms. The Hall–Kier alpha value is -2.43. The van der Waals surface area contributed by atoms with Crippen LogP contribution in [0.5, 0.6) is 5.88 Å². The third-order valence-electron chi connectivity index (χ3n) is 1.94. The van der Waals surface area contributed by atoms with Gasteiger partial charge in [-0.05, 0) is 12.1 Å². The Morgan fingerprint density at radius 3 is 2.62 bits per heavy atom. The van der Waals surface area contributed by atoms with Crippen molar-refractivity contribution >= 4 is 22.8 Å². The summed E-state index contributed by atoms with van der Waals surface area (Å²) in [6, 6.07) is 10.4. The van der Waals surface area contributed by atoms with Gasteiger partial charge in [-0.2, -0.15) is 0 Å². The summed E-state index contributed by atoms with van der Waals surface area (Å²) in [4.78, 5) is 25.0. The molecular weight excluding hydrogens is 210 g/mol. The monoisotopic (exact) mass is 217 g/mol. The molecule has 0 aliphatic carbocycles. The number of ether oxygens (including phenoxy) is 1. The van der Waals surface area contributed by atoms with Crippen LogP contribution in [-0.2, 0) is 9.59 Å². The van der Waals surface area contributed by atoms with Gasteiger partial charge in [-0.1, -0.05) is 18.2 Å². The van der Waals surface area contributed by atoms with Crippen LogP contribution < -0.4 is 4.74 Å². The smallest absolute Gasteiger partial charge is 0.424 e. The largest absolute Gasteiger partial charge is 0.473 e. The summed E-state index contributed by atoms with van der Waals surface area (Å²) in [5.41, 5.74) is 0.637. The van der Waals surface area contributed by atoms with E-state index in [2.05, 4.69) is 9.72 Å². The Balaban J connectivity index is 2.33. The molecule has 0 aliphatic heterocycles. The molecule has 1 N–H and O–H groups in total. The average Bonchev–Trinajstić information content (AvgIpc) is 2.28. The Kier molecular flexibility index (Phi) is 2.51. The summed E-state index contributed by atoms with van der Waals surface area (Å²) >= 11 is 0. The lowest BCUT2D eigenvalue weighted by Crippen LogP contribution is -2.19. The van der Waals surface area contributed by atoms with Gasteiger partial charge < -0.3 is 9.84 Å². The molecule has 2 aromatic rings. The molecule has 0 saturated carbocycles. The van der Waals surface area contributed by atoms with Crippen LogP contribution >= 0.6 is 0 Å². The van der Waals surface area contributed by atoms with E-state index in [4.69, 9.17) is 5.11 Å². The quantitative estimate of drug-likeness (QED) is 0.574. The van der Waals surface area contributed by atoms with Gasteiger partial charge in [-0.25, -0.2) is 14.6 Å². The average molecular weight is 217 g/mol. The van der Waals surface area contributed by atoms with E-state index in [-0.39, 0.29) is 5.88 Å². The van der Waals surface area contributed by atoms with Gasteiger partial charge in [-0.3, -0.25) is 0 Å². The minimum absolute atomic E-state index is 0.0221. The number of fused-ring (bicyclic) bond motifs is 1. The van der Waals surface area contributed by atoms with Crippen LogP contribution in [0.15, 0.2) is 36.4 Å². The molecule has 80 valence electrons. The normalized spacial score (nSPS) is 10.0. The highest BCUT2D eigenvalue weighted by atomic mass is 16.6. The first-order chi connectivity index (χ1) is 7.66. The molecule has 0 radical (unpaired) electrons. The minimum Gasteiger partial charge on any atom is -0.473 e. The van der Waals surface area contributed by atoms with Gasteiger partial charge in [0.25, 0.3) is 0 Å². The van der Waals surface area contributed by atoms with Crippen molar-refractivity contribution in [3.8, 4) is 5.88 Å². The van der Waals surface area contributed by atoms with Gasteiger partial charge in [0.15, 0.2) is 0 Å². The van der Waals surface area contributed by atoms with Crippen LogP contribution in [0.25, 0.3) is 10.9 Å². The molecule has 0 atom stereocenters. The summed E-state index contributed by atoms with van der Waals surface area (Å²) in [5.74, 6) is -3.01. The van der Waals surface area contributed by atoms with Crippen molar-refractivity contribution in [1.29, 1.82) is 0 Å². The molecular formula is C11H7NO4. The summed E-state index contributed by atoms with van der Waals surface area (Å²) in [7, 11) is 0. The Labute approximate surface area is 90.3 Å². The van der Waals surface area contributed by atoms with E-state index in [0.29, 0.717) is 5.52 Å². The van der Waals surface area contributed by atoms with Crippen LogP contribution in [-0.4, -0.2) is 22.0 Å². The predicted octanol–water partition coefficient (Wildman–Crippen LogP) is 1.22. The van der Waals surface area contributed by atoms with Crippen molar-refractivity contribution in [3.05, 3.63) is 36.4 Å². The van der Waals surface area contributed by atoms with Crippen molar-refractivity contribution < 1.29 is 19.4 Å². The van der Waals surface area contributed by atoms with Gasteiger partial charge in [0, 0.05) is 11.5 Å². The second-order valence-electron chi connectivity index (χ2n) is 3.04. The number of carbonyl (C=O) groups excluding carboxylic acids is 1. The third-order valence-corrected chi connectivity index (χ3v) is 1.94.